The SMILES string of the molecule is C=CCOc1ccc(CN2CCc3nc(-c4ccc(Cl)cc4)[nH]c(=O)c3C2)cc1. The number of aromatic nitrogens is 2. The molecule has 1 aromatic heterocycles. The molecule has 0 saturated carbocycles. The molecule has 5 nitrogen and oxygen atoms in total. The number of aromatic amines is 1. The van der Waals surface area contributed by atoms with E-state index in [0.29, 0.717) is 24.0 Å². The molecule has 0 aliphatic carbocycles. The van der Waals surface area contributed by atoms with Crippen LogP contribution in [0.25, 0.3) is 11.4 Å². The van der Waals surface area contributed by atoms with Crippen LogP contribution in [0.4, 0.5) is 0 Å². The smallest absolute Gasteiger partial charge is 0.255 e. The monoisotopic (exact) mass is 407 g/mol. The Morgan fingerprint density at radius 1 is 1.17 bits per heavy atom. The fourth-order valence-corrected chi connectivity index (χ4v) is 3.59. The third-order valence-electron chi connectivity index (χ3n) is 4.96. The molecule has 4 rings (SSSR count). The molecule has 6 heteroatoms. The number of nitrogens with zero attached hydrogens (tertiary/aromatic N) is 2. The summed E-state index contributed by atoms with van der Waals surface area (Å²) in [6, 6.07) is 15.4. The topological polar surface area (TPSA) is 58.2 Å². The van der Waals surface area contributed by atoms with Crippen molar-refractivity contribution in [1.82, 2.24) is 14.9 Å². The van der Waals surface area contributed by atoms with Gasteiger partial charge in [-0.25, -0.2) is 4.98 Å². The average Bonchev–Trinajstić information content (AvgIpc) is 2.74. The van der Waals surface area contributed by atoms with E-state index >= 15 is 0 Å². The zero-order valence-electron chi connectivity index (χ0n) is 16.0. The van der Waals surface area contributed by atoms with Gasteiger partial charge >= 0.3 is 0 Å². The average molecular weight is 408 g/mol. The Labute approximate surface area is 174 Å². The van der Waals surface area contributed by atoms with E-state index in [4.69, 9.17) is 21.3 Å². The van der Waals surface area contributed by atoms with Gasteiger partial charge in [0.15, 0.2) is 0 Å². The number of nitrogens with one attached hydrogen (secondary N) is 1. The highest BCUT2D eigenvalue weighted by Crippen LogP contribution is 2.22. The molecule has 0 saturated heterocycles. The highest BCUT2D eigenvalue weighted by molar-refractivity contribution is 6.30. The molecule has 0 spiro atoms. The predicted octanol–water partition coefficient (Wildman–Crippen LogP) is 4.21. The van der Waals surface area contributed by atoms with Gasteiger partial charge in [0.2, 0.25) is 0 Å². The summed E-state index contributed by atoms with van der Waals surface area (Å²) in [6.45, 7) is 6.38. The molecule has 0 fully saturated rings. The van der Waals surface area contributed by atoms with E-state index in [0.717, 1.165) is 42.1 Å². The summed E-state index contributed by atoms with van der Waals surface area (Å²) in [5.74, 6) is 1.42. The number of fused-ring (bicyclic) bond motifs is 1. The third-order valence-corrected chi connectivity index (χ3v) is 5.21. The van der Waals surface area contributed by atoms with E-state index < -0.39 is 0 Å². The summed E-state index contributed by atoms with van der Waals surface area (Å²) >= 11 is 5.95. The van der Waals surface area contributed by atoms with Gasteiger partial charge in [0.05, 0.1) is 11.3 Å². The highest BCUT2D eigenvalue weighted by atomic mass is 35.5. The van der Waals surface area contributed by atoms with Crippen LogP contribution in [0.3, 0.4) is 0 Å². The predicted molar refractivity (Wildman–Crippen MR) is 115 cm³/mol. The minimum absolute atomic E-state index is 0.0715. The molecule has 0 radical (unpaired) electrons. The van der Waals surface area contributed by atoms with Crippen molar-refractivity contribution in [2.24, 2.45) is 0 Å². The van der Waals surface area contributed by atoms with Gasteiger partial charge in [0.1, 0.15) is 18.2 Å². The van der Waals surface area contributed by atoms with E-state index in [-0.39, 0.29) is 5.56 Å². The molecule has 0 atom stereocenters. The normalized spacial score (nSPS) is 13.7. The van der Waals surface area contributed by atoms with Gasteiger partial charge in [-0.1, -0.05) is 36.4 Å². The number of ether oxygens (including phenoxy) is 1. The van der Waals surface area contributed by atoms with E-state index in [2.05, 4.69) is 28.6 Å². The number of hydrogen-bond acceptors (Lipinski definition) is 4. The van der Waals surface area contributed by atoms with Crippen LogP contribution in [-0.4, -0.2) is 28.0 Å². The number of hydrogen-bond donors (Lipinski definition) is 1. The van der Waals surface area contributed by atoms with Crippen molar-refractivity contribution in [3.63, 3.8) is 0 Å². The Balaban J connectivity index is 1.48. The van der Waals surface area contributed by atoms with Crippen molar-refractivity contribution in [1.29, 1.82) is 0 Å². The lowest BCUT2D eigenvalue weighted by Crippen LogP contribution is -2.35. The molecule has 0 unspecified atom stereocenters. The van der Waals surface area contributed by atoms with Crippen molar-refractivity contribution in [2.45, 2.75) is 19.5 Å². The molecule has 3 aromatic rings. The van der Waals surface area contributed by atoms with Gasteiger partial charge in [-0.15, -0.1) is 0 Å². The van der Waals surface area contributed by atoms with Crippen LogP contribution < -0.4 is 10.3 Å². The summed E-state index contributed by atoms with van der Waals surface area (Å²) < 4.78 is 5.52. The zero-order chi connectivity index (χ0) is 20.2. The second-order valence-electron chi connectivity index (χ2n) is 7.05. The number of benzene rings is 2. The minimum atomic E-state index is -0.0715. The van der Waals surface area contributed by atoms with E-state index in [9.17, 15) is 4.79 Å². The summed E-state index contributed by atoms with van der Waals surface area (Å²) in [4.78, 5) is 22.6. The number of rotatable bonds is 6. The molecule has 1 N–H and O–H groups in total. The number of halogens is 1. The molecule has 2 aromatic carbocycles. The zero-order valence-corrected chi connectivity index (χ0v) is 16.8. The van der Waals surface area contributed by atoms with Crippen LogP contribution in [0.1, 0.15) is 16.8 Å². The van der Waals surface area contributed by atoms with Crippen LogP contribution in [0, 0.1) is 0 Å². The third kappa shape index (κ3) is 4.58. The van der Waals surface area contributed by atoms with Crippen LogP contribution >= 0.6 is 11.6 Å². The molecule has 2 heterocycles. The second-order valence-corrected chi connectivity index (χ2v) is 7.49. The van der Waals surface area contributed by atoms with Gasteiger partial charge in [-0.2, -0.15) is 0 Å². The molecule has 0 bridgehead atoms. The lowest BCUT2D eigenvalue weighted by Gasteiger charge is -2.27. The lowest BCUT2D eigenvalue weighted by molar-refractivity contribution is 0.241. The van der Waals surface area contributed by atoms with Crippen molar-refractivity contribution in [3.8, 4) is 17.1 Å². The first-order valence-corrected chi connectivity index (χ1v) is 9.93. The number of H-pyrrole nitrogens is 1. The molecular weight excluding hydrogens is 386 g/mol. The lowest BCUT2D eigenvalue weighted by atomic mass is 10.1. The van der Waals surface area contributed by atoms with Crippen molar-refractivity contribution in [3.05, 3.63) is 93.4 Å². The van der Waals surface area contributed by atoms with Gasteiger partial charge in [-0.3, -0.25) is 9.69 Å². The second kappa shape index (κ2) is 8.64. The molecule has 1 aliphatic heterocycles. The Morgan fingerprint density at radius 2 is 1.93 bits per heavy atom. The molecule has 1 aliphatic rings. The Morgan fingerprint density at radius 3 is 2.66 bits per heavy atom. The molecule has 148 valence electrons. The first-order chi connectivity index (χ1) is 14.1. The van der Waals surface area contributed by atoms with Gasteiger partial charge in [0.25, 0.3) is 5.56 Å². The summed E-state index contributed by atoms with van der Waals surface area (Å²) in [5.41, 5.74) is 3.60. The Kier molecular flexibility index (Phi) is 5.79. The van der Waals surface area contributed by atoms with E-state index in [1.165, 1.54) is 5.56 Å². The van der Waals surface area contributed by atoms with E-state index in [1.54, 1.807) is 18.2 Å². The first-order valence-electron chi connectivity index (χ1n) is 9.55. The van der Waals surface area contributed by atoms with Gasteiger partial charge in [-0.05, 0) is 42.0 Å². The quantitative estimate of drug-likeness (QED) is 0.622. The maximum Gasteiger partial charge on any atom is 0.255 e. The Hall–Kier alpha value is -2.89. The highest BCUT2D eigenvalue weighted by Gasteiger charge is 2.21. The van der Waals surface area contributed by atoms with Crippen LogP contribution in [0.5, 0.6) is 5.75 Å². The molecule has 29 heavy (non-hydrogen) atoms. The van der Waals surface area contributed by atoms with Gasteiger partial charge in [0, 0.05) is 36.6 Å². The van der Waals surface area contributed by atoms with Gasteiger partial charge < -0.3 is 9.72 Å². The van der Waals surface area contributed by atoms with Crippen molar-refractivity contribution >= 4 is 11.6 Å². The molecular formula is C23H22ClN3O2. The maximum absolute atomic E-state index is 12.7. The van der Waals surface area contributed by atoms with Crippen molar-refractivity contribution in [2.75, 3.05) is 13.2 Å². The summed E-state index contributed by atoms with van der Waals surface area (Å²) in [5, 5.41) is 0.657. The van der Waals surface area contributed by atoms with Crippen molar-refractivity contribution < 1.29 is 4.74 Å². The first kappa shape index (κ1) is 19.4. The summed E-state index contributed by atoms with van der Waals surface area (Å²) in [7, 11) is 0. The van der Waals surface area contributed by atoms with Crippen LogP contribution in [-0.2, 0) is 19.5 Å². The van der Waals surface area contributed by atoms with E-state index in [1.807, 2.05) is 24.3 Å². The fraction of sp³-hybridized carbons (Fsp3) is 0.217. The standard InChI is InChI=1S/C23H22ClN3O2/c1-2-13-29-19-9-3-16(4-10-19)14-27-12-11-21-20(15-27)23(28)26-22(25-21)17-5-7-18(24)8-6-17/h2-10H,1,11-15H2,(H,25,26,28). The van der Waals surface area contributed by atoms with Crippen LogP contribution in [0.15, 0.2) is 66.0 Å². The molecule has 0 amide bonds. The fourth-order valence-electron chi connectivity index (χ4n) is 3.46. The van der Waals surface area contributed by atoms with Crippen LogP contribution in [0.2, 0.25) is 5.02 Å². The summed E-state index contributed by atoms with van der Waals surface area (Å²) in [6.07, 6.45) is 2.48. The largest absolute Gasteiger partial charge is 0.490 e. The minimum Gasteiger partial charge on any atom is -0.490 e. The maximum atomic E-state index is 12.7. The Bertz CT molecular complexity index is 1060.